The lowest BCUT2D eigenvalue weighted by atomic mass is 10.2. The van der Waals surface area contributed by atoms with Gasteiger partial charge in [0.05, 0.1) is 17.3 Å². The number of thiophene rings is 1. The fraction of sp³-hybridized carbons (Fsp3) is 0.350. The maximum absolute atomic E-state index is 12.7. The summed E-state index contributed by atoms with van der Waals surface area (Å²) < 4.78 is 8.57. The van der Waals surface area contributed by atoms with Crippen molar-refractivity contribution in [2.45, 2.75) is 27.3 Å². The topological polar surface area (TPSA) is 43.3 Å². The van der Waals surface area contributed by atoms with Crippen LogP contribution in [-0.4, -0.2) is 24.1 Å². The van der Waals surface area contributed by atoms with Gasteiger partial charge >= 0.3 is 0 Å². The van der Waals surface area contributed by atoms with E-state index < -0.39 is 0 Å². The van der Waals surface area contributed by atoms with E-state index in [2.05, 4.69) is 42.8 Å². The van der Waals surface area contributed by atoms with E-state index in [1.54, 1.807) is 18.4 Å². The van der Waals surface area contributed by atoms with E-state index >= 15 is 0 Å². The molecule has 3 rings (SSSR count). The number of benzene rings is 1. The number of hydrogen-bond acceptors (Lipinski definition) is 3. The minimum atomic E-state index is -0.0161. The highest BCUT2D eigenvalue weighted by Crippen LogP contribution is 2.29. The second kappa shape index (κ2) is 7.31. The van der Waals surface area contributed by atoms with E-state index in [9.17, 15) is 4.79 Å². The number of aromatic nitrogens is 1. The average molecular weight is 356 g/mol. The molecule has 5 heteroatoms. The lowest BCUT2D eigenvalue weighted by Gasteiger charge is -2.12. The summed E-state index contributed by atoms with van der Waals surface area (Å²) in [6.07, 6.45) is 0. The van der Waals surface area contributed by atoms with Crippen molar-refractivity contribution in [3.8, 4) is 5.75 Å². The number of hydrogen-bond donors (Lipinski definition) is 1. The van der Waals surface area contributed by atoms with Crippen molar-refractivity contribution in [1.82, 2.24) is 9.88 Å². The van der Waals surface area contributed by atoms with Crippen molar-refractivity contribution in [2.24, 2.45) is 5.92 Å². The van der Waals surface area contributed by atoms with Crippen LogP contribution in [-0.2, 0) is 6.54 Å². The molecule has 0 saturated carbocycles. The van der Waals surface area contributed by atoms with Gasteiger partial charge in [0.15, 0.2) is 0 Å². The summed E-state index contributed by atoms with van der Waals surface area (Å²) in [6, 6.07) is 12.1. The Morgan fingerprint density at radius 3 is 2.80 bits per heavy atom. The van der Waals surface area contributed by atoms with Gasteiger partial charge in [0.25, 0.3) is 5.91 Å². The Hall–Kier alpha value is -2.27. The number of nitrogens with zero attached hydrogens (tertiary/aromatic N) is 1. The quantitative estimate of drug-likeness (QED) is 0.709. The molecule has 0 bridgehead atoms. The molecule has 0 fully saturated rings. The number of nitrogens with one attached hydrogen (secondary N) is 1. The lowest BCUT2D eigenvalue weighted by Crippen LogP contribution is -2.29. The Kier molecular flexibility index (Phi) is 5.13. The molecular formula is C20H24N2O2S. The summed E-state index contributed by atoms with van der Waals surface area (Å²) in [6.45, 7) is 7.60. The molecule has 4 nitrogen and oxygen atoms in total. The van der Waals surface area contributed by atoms with Crippen LogP contribution in [0.5, 0.6) is 5.75 Å². The first-order valence-electron chi connectivity index (χ1n) is 8.48. The zero-order valence-corrected chi connectivity index (χ0v) is 15.9. The Labute approximate surface area is 152 Å². The van der Waals surface area contributed by atoms with Crippen molar-refractivity contribution >= 4 is 27.5 Å². The molecule has 1 N–H and O–H groups in total. The van der Waals surface area contributed by atoms with Gasteiger partial charge in [0.2, 0.25) is 0 Å². The molecule has 1 aromatic carbocycles. The molecule has 0 aliphatic rings. The Morgan fingerprint density at radius 1 is 1.28 bits per heavy atom. The SMILES string of the molecule is COc1cccc(Cn2c(C(=O)NCC(C)C)cc3sc(C)cc32)c1. The van der Waals surface area contributed by atoms with E-state index in [1.807, 2.05) is 24.3 Å². The molecular weight excluding hydrogens is 332 g/mol. The third-order valence-electron chi connectivity index (χ3n) is 4.09. The predicted molar refractivity (Wildman–Crippen MR) is 104 cm³/mol. The average Bonchev–Trinajstić information content (AvgIpc) is 3.10. The van der Waals surface area contributed by atoms with Crippen LogP contribution in [0.25, 0.3) is 10.2 Å². The standard InChI is InChI=1S/C20H24N2O2S/c1-13(2)11-21-20(23)18-10-19-17(8-14(3)25-19)22(18)12-15-6-5-7-16(9-15)24-4/h5-10,13H,11-12H2,1-4H3,(H,21,23). The van der Waals surface area contributed by atoms with Crippen molar-refractivity contribution < 1.29 is 9.53 Å². The molecule has 132 valence electrons. The number of aryl methyl sites for hydroxylation is 1. The van der Waals surface area contributed by atoms with Crippen LogP contribution in [0.2, 0.25) is 0 Å². The van der Waals surface area contributed by atoms with E-state index in [-0.39, 0.29) is 5.91 Å². The normalized spacial score (nSPS) is 11.2. The zero-order valence-electron chi connectivity index (χ0n) is 15.1. The predicted octanol–water partition coefficient (Wildman–Crippen LogP) is 4.45. The third-order valence-corrected chi connectivity index (χ3v) is 5.08. The van der Waals surface area contributed by atoms with Gasteiger partial charge in [0, 0.05) is 18.0 Å². The summed E-state index contributed by atoms with van der Waals surface area (Å²) in [4.78, 5) is 13.9. The van der Waals surface area contributed by atoms with E-state index in [0.717, 1.165) is 21.5 Å². The molecule has 0 aliphatic heterocycles. The monoisotopic (exact) mass is 356 g/mol. The van der Waals surface area contributed by atoms with Crippen LogP contribution in [0.15, 0.2) is 36.4 Å². The number of amides is 1. The van der Waals surface area contributed by atoms with Gasteiger partial charge in [-0.3, -0.25) is 4.79 Å². The summed E-state index contributed by atoms with van der Waals surface area (Å²) in [5, 5.41) is 3.03. The minimum absolute atomic E-state index is 0.0161. The molecule has 0 unspecified atom stereocenters. The zero-order chi connectivity index (χ0) is 18.0. The molecule has 0 radical (unpaired) electrons. The van der Waals surface area contributed by atoms with Crippen molar-refractivity contribution in [3.63, 3.8) is 0 Å². The molecule has 2 heterocycles. The highest BCUT2D eigenvalue weighted by Gasteiger charge is 2.17. The molecule has 25 heavy (non-hydrogen) atoms. The maximum atomic E-state index is 12.7. The highest BCUT2D eigenvalue weighted by molar-refractivity contribution is 7.19. The van der Waals surface area contributed by atoms with Crippen molar-refractivity contribution in [1.29, 1.82) is 0 Å². The van der Waals surface area contributed by atoms with Gasteiger partial charge in [-0.1, -0.05) is 26.0 Å². The maximum Gasteiger partial charge on any atom is 0.267 e. The first-order valence-corrected chi connectivity index (χ1v) is 9.30. The van der Waals surface area contributed by atoms with Crippen LogP contribution < -0.4 is 10.1 Å². The molecule has 0 saturated heterocycles. The largest absolute Gasteiger partial charge is 0.497 e. The smallest absolute Gasteiger partial charge is 0.267 e. The highest BCUT2D eigenvalue weighted by atomic mass is 32.1. The number of rotatable bonds is 6. The number of carbonyl (C=O) groups excluding carboxylic acids is 1. The third kappa shape index (κ3) is 3.87. The van der Waals surface area contributed by atoms with E-state index in [4.69, 9.17) is 4.74 Å². The number of fused-ring (bicyclic) bond motifs is 1. The fourth-order valence-electron chi connectivity index (χ4n) is 2.86. The molecule has 0 aliphatic carbocycles. The van der Waals surface area contributed by atoms with E-state index in [1.165, 1.54) is 4.88 Å². The molecule has 0 spiro atoms. The first kappa shape index (κ1) is 17.5. The van der Waals surface area contributed by atoms with Gasteiger partial charge in [-0.15, -0.1) is 11.3 Å². The number of carbonyl (C=O) groups is 1. The van der Waals surface area contributed by atoms with Crippen molar-refractivity contribution in [2.75, 3.05) is 13.7 Å². The summed E-state index contributed by atoms with van der Waals surface area (Å²) in [5.41, 5.74) is 2.93. The van der Waals surface area contributed by atoms with Crippen molar-refractivity contribution in [3.05, 3.63) is 52.5 Å². The van der Waals surface area contributed by atoms with Gasteiger partial charge in [-0.2, -0.15) is 0 Å². The lowest BCUT2D eigenvalue weighted by molar-refractivity contribution is 0.0940. The van der Waals surface area contributed by atoms with Gasteiger partial charge in [0.1, 0.15) is 11.4 Å². The second-order valence-corrected chi connectivity index (χ2v) is 7.97. The number of methoxy groups -OCH3 is 1. The van der Waals surface area contributed by atoms with E-state index in [0.29, 0.717) is 24.7 Å². The molecule has 2 aromatic heterocycles. The molecule has 1 amide bonds. The van der Waals surface area contributed by atoms with Crippen LogP contribution in [0.1, 0.15) is 34.8 Å². The number of ether oxygens (including phenoxy) is 1. The van der Waals surface area contributed by atoms with Crippen LogP contribution in [0, 0.1) is 12.8 Å². The Balaban J connectivity index is 1.98. The molecule has 3 aromatic rings. The summed E-state index contributed by atoms with van der Waals surface area (Å²) in [7, 11) is 1.67. The van der Waals surface area contributed by atoms with Gasteiger partial charge < -0.3 is 14.6 Å². The summed E-state index contributed by atoms with van der Waals surface area (Å²) >= 11 is 1.72. The molecule has 0 atom stereocenters. The van der Waals surface area contributed by atoms with Gasteiger partial charge in [-0.05, 0) is 42.7 Å². The Bertz CT molecular complexity index is 892. The van der Waals surface area contributed by atoms with Crippen LogP contribution in [0.3, 0.4) is 0 Å². The second-order valence-electron chi connectivity index (χ2n) is 6.68. The summed E-state index contributed by atoms with van der Waals surface area (Å²) in [5.74, 6) is 1.24. The Morgan fingerprint density at radius 2 is 2.08 bits per heavy atom. The van der Waals surface area contributed by atoms with Crippen LogP contribution in [0.4, 0.5) is 0 Å². The van der Waals surface area contributed by atoms with Crippen LogP contribution >= 0.6 is 11.3 Å². The minimum Gasteiger partial charge on any atom is -0.497 e. The fourth-order valence-corrected chi connectivity index (χ4v) is 3.83. The van der Waals surface area contributed by atoms with Gasteiger partial charge in [-0.25, -0.2) is 0 Å². The first-order chi connectivity index (χ1) is 12.0.